The predicted molar refractivity (Wildman–Crippen MR) is 68.4 cm³/mol. The first-order valence-corrected chi connectivity index (χ1v) is 6.26. The van der Waals surface area contributed by atoms with Crippen LogP contribution in [-0.4, -0.2) is 15.7 Å². The van der Waals surface area contributed by atoms with Crippen LogP contribution < -0.4 is 5.32 Å². The van der Waals surface area contributed by atoms with Gasteiger partial charge in [-0.15, -0.1) is 0 Å². The number of aryl methyl sites for hydroxylation is 1. The third-order valence-electron chi connectivity index (χ3n) is 2.38. The van der Waals surface area contributed by atoms with Crippen LogP contribution in [0.1, 0.15) is 25.1 Å². The average Bonchev–Trinajstić information content (AvgIpc) is 2.26. The summed E-state index contributed by atoms with van der Waals surface area (Å²) in [4.78, 5) is 15.8. The van der Waals surface area contributed by atoms with Crippen LogP contribution in [0.4, 0.5) is 0 Å². The number of hydrogen-bond donors (Lipinski definition) is 1. The number of amides is 1. The van der Waals surface area contributed by atoms with Crippen molar-refractivity contribution in [2.24, 2.45) is 5.92 Å². The Morgan fingerprint density at radius 1 is 1.56 bits per heavy atom. The zero-order chi connectivity index (χ0) is 12.1. The van der Waals surface area contributed by atoms with E-state index in [9.17, 15) is 4.79 Å². The van der Waals surface area contributed by atoms with Crippen molar-refractivity contribution in [2.75, 3.05) is 0 Å². The van der Waals surface area contributed by atoms with Crippen LogP contribution >= 0.6 is 15.9 Å². The topological polar surface area (TPSA) is 42.0 Å². The molecule has 0 radical (unpaired) electrons. The minimum atomic E-state index is -0.142. The minimum Gasteiger partial charge on any atom is -0.349 e. The maximum absolute atomic E-state index is 11.7. The Labute approximate surface area is 105 Å². The van der Waals surface area contributed by atoms with Gasteiger partial charge in [0.15, 0.2) is 0 Å². The van der Waals surface area contributed by atoms with E-state index in [1.165, 1.54) is 0 Å². The number of pyridine rings is 1. The number of nitrogens with zero attached hydrogens (tertiary/aromatic N) is 1. The SMILES string of the molecule is Cc1cccnc1CNC(=O)C(Br)C(C)C. The van der Waals surface area contributed by atoms with E-state index in [1.807, 2.05) is 32.9 Å². The summed E-state index contributed by atoms with van der Waals surface area (Å²) in [6.07, 6.45) is 1.74. The van der Waals surface area contributed by atoms with E-state index in [0.29, 0.717) is 6.54 Å². The molecule has 1 aromatic rings. The second-order valence-electron chi connectivity index (χ2n) is 4.13. The Balaban J connectivity index is 2.52. The summed E-state index contributed by atoms with van der Waals surface area (Å²) in [6, 6.07) is 3.88. The molecule has 1 heterocycles. The van der Waals surface area contributed by atoms with Crippen LogP contribution in [0, 0.1) is 12.8 Å². The highest BCUT2D eigenvalue weighted by Crippen LogP contribution is 2.12. The molecule has 1 rings (SSSR count). The molecule has 0 aliphatic heterocycles. The van der Waals surface area contributed by atoms with Crippen LogP contribution in [0.3, 0.4) is 0 Å². The van der Waals surface area contributed by atoms with Gasteiger partial charge in [0.2, 0.25) is 5.91 Å². The zero-order valence-electron chi connectivity index (χ0n) is 9.83. The lowest BCUT2D eigenvalue weighted by Gasteiger charge is -2.14. The fraction of sp³-hybridized carbons (Fsp3) is 0.500. The summed E-state index contributed by atoms with van der Waals surface area (Å²) in [5, 5.41) is 2.87. The minimum absolute atomic E-state index is 0.0139. The summed E-state index contributed by atoms with van der Waals surface area (Å²) >= 11 is 3.37. The van der Waals surface area contributed by atoms with Gasteiger partial charge in [0.05, 0.1) is 17.1 Å². The molecular formula is C12H17BrN2O. The number of alkyl halides is 1. The molecule has 0 fully saturated rings. The molecule has 88 valence electrons. The van der Waals surface area contributed by atoms with Gasteiger partial charge in [-0.25, -0.2) is 0 Å². The molecule has 1 aromatic heterocycles. The van der Waals surface area contributed by atoms with E-state index in [1.54, 1.807) is 6.20 Å². The number of rotatable bonds is 4. The summed E-state index contributed by atoms with van der Waals surface area (Å²) in [7, 11) is 0. The van der Waals surface area contributed by atoms with Crippen molar-refractivity contribution in [3.05, 3.63) is 29.6 Å². The Hall–Kier alpha value is -0.900. The number of hydrogen-bond acceptors (Lipinski definition) is 2. The lowest BCUT2D eigenvalue weighted by atomic mass is 10.1. The maximum atomic E-state index is 11.7. The molecule has 1 N–H and O–H groups in total. The molecule has 4 heteroatoms. The van der Waals surface area contributed by atoms with Crippen molar-refractivity contribution in [1.29, 1.82) is 0 Å². The molecule has 0 saturated heterocycles. The molecule has 1 atom stereocenters. The monoisotopic (exact) mass is 284 g/mol. The summed E-state index contributed by atoms with van der Waals surface area (Å²) in [6.45, 7) is 6.49. The first kappa shape index (κ1) is 13.2. The summed E-state index contributed by atoms with van der Waals surface area (Å²) < 4.78 is 0. The number of carbonyl (C=O) groups excluding carboxylic acids is 1. The van der Waals surface area contributed by atoms with Gasteiger partial charge in [0.1, 0.15) is 0 Å². The number of halogens is 1. The third kappa shape index (κ3) is 3.59. The van der Waals surface area contributed by atoms with Gasteiger partial charge in [0, 0.05) is 6.20 Å². The largest absolute Gasteiger partial charge is 0.349 e. The van der Waals surface area contributed by atoms with E-state index >= 15 is 0 Å². The van der Waals surface area contributed by atoms with Crippen LogP contribution in [0.15, 0.2) is 18.3 Å². The molecule has 1 amide bonds. The predicted octanol–water partition coefficient (Wildman–Crippen LogP) is 2.43. The third-order valence-corrected chi connectivity index (χ3v) is 3.86. The van der Waals surface area contributed by atoms with E-state index in [0.717, 1.165) is 11.3 Å². The number of nitrogens with one attached hydrogen (secondary N) is 1. The van der Waals surface area contributed by atoms with Gasteiger partial charge in [0.25, 0.3) is 0 Å². The van der Waals surface area contributed by atoms with E-state index < -0.39 is 0 Å². The normalized spacial score (nSPS) is 12.6. The fourth-order valence-electron chi connectivity index (χ4n) is 1.27. The highest BCUT2D eigenvalue weighted by atomic mass is 79.9. The Bertz CT molecular complexity index is 366. The van der Waals surface area contributed by atoms with Gasteiger partial charge < -0.3 is 5.32 Å². The lowest BCUT2D eigenvalue weighted by Crippen LogP contribution is -2.33. The summed E-state index contributed by atoms with van der Waals surface area (Å²) in [5.41, 5.74) is 2.01. The highest BCUT2D eigenvalue weighted by molar-refractivity contribution is 9.10. The average molecular weight is 285 g/mol. The van der Waals surface area contributed by atoms with Gasteiger partial charge in [-0.2, -0.15) is 0 Å². The molecule has 3 nitrogen and oxygen atoms in total. The highest BCUT2D eigenvalue weighted by Gasteiger charge is 2.18. The second kappa shape index (κ2) is 5.99. The molecule has 0 bridgehead atoms. The Morgan fingerprint density at radius 2 is 2.25 bits per heavy atom. The van der Waals surface area contributed by atoms with Crippen LogP contribution in [0.25, 0.3) is 0 Å². The molecule has 0 spiro atoms. The smallest absolute Gasteiger partial charge is 0.234 e. The van der Waals surface area contributed by atoms with Crippen molar-refractivity contribution in [1.82, 2.24) is 10.3 Å². The molecule has 0 aromatic carbocycles. The van der Waals surface area contributed by atoms with Crippen molar-refractivity contribution in [3.8, 4) is 0 Å². The number of carbonyl (C=O) groups is 1. The van der Waals surface area contributed by atoms with Crippen LogP contribution in [0.5, 0.6) is 0 Å². The molecular weight excluding hydrogens is 268 g/mol. The first-order valence-electron chi connectivity index (χ1n) is 5.34. The molecule has 1 unspecified atom stereocenters. The van der Waals surface area contributed by atoms with Gasteiger partial charge in [-0.05, 0) is 24.5 Å². The number of aromatic nitrogens is 1. The standard InChI is InChI=1S/C12H17BrN2O/c1-8(2)11(13)12(16)15-7-10-9(3)5-4-6-14-10/h4-6,8,11H,7H2,1-3H3,(H,15,16). The van der Waals surface area contributed by atoms with E-state index in [-0.39, 0.29) is 16.7 Å². The zero-order valence-corrected chi connectivity index (χ0v) is 11.4. The van der Waals surface area contributed by atoms with E-state index in [2.05, 4.69) is 26.2 Å². The molecule has 0 aliphatic carbocycles. The van der Waals surface area contributed by atoms with Crippen molar-refractivity contribution in [3.63, 3.8) is 0 Å². The van der Waals surface area contributed by atoms with Crippen molar-refractivity contribution >= 4 is 21.8 Å². The Morgan fingerprint density at radius 3 is 2.81 bits per heavy atom. The molecule has 0 aliphatic rings. The fourth-order valence-corrected chi connectivity index (χ4v) is 1.44. The first-order chi connectivity index (χ1) is 7.52. The van der Waals surface area contributed by atoms with Crippen molar-refractivity contribution in [2.45, 2.75) is 32.1 Å². The van der Waals surface area contributed by atoms with Crippen molar-refractivity contribution < 1.29 is 4.79 Å². The van der Waals surface area contributed by atoms with Gasteiger partial charge in [-0.1, -0.05) is 35.8 Å². The van der Waals surface area contributed by atoms with E-state index in [4.69, 9.17) is 0 Å². The van der Waals surface area contributed by atoms with Crippen LogP contribution in [-0.2, 0) is 11.3 Å². The van der Waals surface area contributed by atoms with Gasteiger partial charge >= 0.3 is 0 Å². The Kier molecular flexibility index (Phi) is 4.93. The maximum Gasteiger partial charge on any atom is 0.234 e. The molecule has 16 heavy (non-hydrogen) atoms. The lowest BCUT2D eigenvalue weighted by molar-refractivity contribution is -0.121. The van der Waals surface area contributed by atoms with Crippen LogP contribution in [0.2, 0.25) is 0 Å². The van der Waals surface area contributed by atoms with Gasteiger partial charge in [-0.3, -0.25) is 9.78 Å². The second-order valence-corrected chi connectivity index (χ2v) is 5.12. The summed E-state index contributed by atoms with van der Waals surface area (Å²) in [5.74, 6) is 0.296. The quantitative estimate of drug-likeness (QED) is 0.863. The molecule has 0 saturated carbocycles.